The third kappa shape index (κ3) is 7.12. The maximum Gasteiger partial charge on any atom is 0.234 e. The third-order valence-electron chi connectivity index (χ3n) is 0.874. The number of rotatable bonds is 4. The van der Waals surface area contributed by atoms with Crippen molar-refractivity contribution in [1.82, 2.24) is 0 Å². The van der Waals surface area contributed by atoms with Gasteiger partial charge in [-0.3, -0.25) is 0 Å². The molecule has 0 aliphatic rings. The van der Waals surface area contributed by atoms with E-state index in [0.29, 0.717) is 6.54 Å². The topological polar surface area (TPSA) is 29.4 Å². The van der Waals surface area contributed by atoms with E-state index >= 15 is 0 Å². The lowest BCUT2D eigenvalue weighted by atomic mass is 10.3. The second kappa shape index (κ2) is 7.12. The van der Waals surface area contributed by atoms with Gasteiger partial charge in [0.2, 0.25) is 6.08 Å². The number of hydrogen-bond donors (Lipinski definition) is 0. The molecule has 0 saturated heterocycles. The number of nitrogens with zero attached hydrogens (tertiary/aromatic N) is 1. The summed E-state index contributed by atoms with van der Waals surface area (Å²) in [5.41, 5.74) is 0. The Morgan fingerprint density at radius 1 is 1.56 bits per heavy atom. The summed E-state index contributed by atoms with van der Waals surface area (Å²) < 4.78 is 0. The van der Waals surface area contributed by atoms with Gasteiger partial charge in [0, 0.05) is 0 Å². The Bertz CT molecular complexity index is 123. The van der Waals surface area contributed by atoms with Crippen molar-refractivity contribution in [3.05, 3.63) is 12.2 Å². The summed E-state index contributed by atoms with van der Waals surface area (Å²) in [5, 5.41) is 0. The lowest BCUT2D eigenvalue weighted by Gasteiger charge is -1.80. The maximum absolute atomic E-state index is 9.52. The van der Waals surface area contributed by atoms with Crippen LogP contribution in [0, 0.1) is 0 Å². The Labute approximate surface area is 55.3 Å². The van der Waals surface area contributed by atoms with E-state index in [4.69, 9.17) is 0 Å². The van der Waals surface area contributed by atoms with Crippen LogP contribution in [0.2, 0.25) is 0 Å². The van der Waals surface area contributed by atoms with E-state index in [1.165, 1.54) is 6.08 Å². The summed E-state index contributed by atoms with van der Waals surface area (Å²) in [6.07, 6.45) is 7.45. The molecule has 2 heteroatoms. The van der Waals surface area contributed by atoms with E-state index in [0.717, 1.165) is 12.8 Å². The Kier molecular flexibility index (Phi) is 6.42. The minimum Gasteiger partial charge on any atom is -0.211 e. The van der Waals surface area contributed by atoms with Crippen LogP contribution >= 0.6 is 0 Å². The maximum atomic E-state index is 9.52. The lowest BCUT2D eigenvalue weighted by Crippen LogP contribution is -1.73. The molecular weight excluding hydrogens is 114 g/mol. The largest absolute Gasteiger partial charge is 0.234 e. The summed E-state index contributed by atoms with van der Waals surface area (Å²) >= 11 is 0. The SMILES string of the molecule is CC/C=C/CCN=C=O. The summed E-state index contributed by atoms with van der Waals surface area (Å²) in [7, 11) is 0. The van der Waals surface area contributed by atoms with Crippen LogP contribution in [0.25, 0.3) is 0 Å². The number of hydrogen-bond acceptors (Lipinski definition) is 2. The smallest absolute Gasteiger partial charge is 0.211 e. The van der Waals surface area contributed by atoms with Crippen LogP contribution in [0.5, 0.6) is 0 Å². The molecule has 0 N–H and O–H groups in total. The van der Waals surface area contributed by atoms with Gasteiger partial charge in [-0.25, -0.2) is 9.79 Å². The molecule has 0 saturated carbocycles. The van der Waals surface area contributed by atoms with E-state index in [1.807, 2.05) is 6.08 Å². The molecule has 0 atom stereocenters. The van der Waals surface area contributed by atoms with Crippen LogP contribution in [0.1, 0.15) is 19.8 Å². The number of isocyanates is 1. The van der Waals surface area contributed by atoms with Gasteiger partial charge in [0.05, 0.1) is 6.54 Å². The van der Waals surface area contributed by atoms with E-state index in [9.17, 15) is 4.79 Å². The van der Waals surface area contributed by atoms with Crippen molar-refractivity contribution < 1.29 is 4.79 Å². The summed E-state index contributed by atoms with van der Waals surface area (Å²) in [6.45, 7) is 2.64. The van der Waals surface area contributed by atoms with Gasteiger partial charge in [-0.1, -0.05) is 19.1 Å². The van der Waals surface area contributed by atoms with Crippen molar-refractivity contribution in [3.8, 4) is 0 Å². The lowest BCUT2D eigenvalue weighted by molar-refractivity contribution is 0.563. The van der Waals surface area contributed by atoms with E-state index in [-0.39, 0.29) is 0 Å². The Balaban J connectivity index is 3.08. The molecule has 0 fully saturated rings. The van der Waals surface area contributed by atoms with E-state index in [2.05, 4.69) is 18.0 Å². The molecule has 0 spiro atoms. The minimum absolute atomic E-state index is 0.569. The summed E-state index contributed by atoms with van der Waals surface area (Å²) in [4.78, 5) is 12.9. The van der Waals surface area contributed by atoms with Gasteiger partial charge in [0.25, 0.3) is 0 Å². The quantitative estimate of drug-likeness (QED) is 0.243. The fourth-order valence-electron chi connectivity index (χ4n) is 0.469. The minimum atomic E-state index is 0.569. The molecule has 2 nitrogen and oxygen atoms in total. The molecule has 0 rings (SSSR count). The molecule has 0 aromatic carbocycles. The zero-order chi connectivity index (χ0) is 6.95. The van der Waals surface area contributed by atoms with Crippen LogP contribution < -0.4 is 0 Å². The molecule has 0 radical (unpaired) electrons. The van der Waals surface area contributed by atoms with Gasteiger partial charge >= 0.3 is 0 Å². The van der Waals surface area contributed by atoms with Crippen molar-refractivity contribution in [2.75, 3.05) is 6.54 Å². The van der Waals surface area contributed by atoms with Crippen molar-refractivity contribution in [2.45, 2.75) is 19.8 Å². The van der Waals surface area contributed by atoms with Crippen LogP contribution in [0.4, 0.5) is 0 Å². The Hall–Kier alpha value is -0.880. The number of allylic oxidation sites excluding steroid dienone is 1. The van der Waals surface area contributed by atoms with Gasteiger partial charge < -0.3 is 0 Å². The summed E-state index contributed by atoms with van der Waals surface area (Å²) in [6, 6.07) is 0. The predicted molar refractivity (Wildman–Crippen MR) is 37.0 cm³/mol. The normalized spacial score (nSPS) is 9.44. The molecule has 0 aromatic heterocycles. The van der Waals surface area contributed by atoms with Gasteiger partial charge in [0.1, 0.15) is 0 Å². The standard InChI is InChI=1S/C7H11NO/c1-2-3-4-5-6-8-7-9/h3-4H,2,5-6H2,1H3/b4-3+. The molecule has 0 heterocycles. The first-order chi connectivity index (χ1) is 4.41. The number of carbonyl (C=O) groups excluding carboxylic acids is 1. The average Bonchev–Trinajstić information content (AvgIpc) is 1.89. The first kappa shape index (κ1) is 8.12. The monoisotopic (exact) mass is 125 g/mol. The van der Waals surface area contributed by atoms with Crippen LogP contribution in [0.15, 0.2) is 17.1 Å². The van der Waals surface area contributed by atoms with Gasteiger partial charge in [-0.2, -0.15) is 0 Å². The summed E-state index contributed by atoms with van der Waals surface area (Å²) in [5.74, 6) is 0. The molecule has 0 aromatic rings. The third-order valence-corrected chi connectivity index (χ3v) is 0.874. The van der Waals surface area contributed by atoms with E-state index < -0.39 is 0 Å². The second-order valence-corrected chi connectivity index (χ2v) is 1.64. The highest BCUT2D eigenvalue weighted by atomic mass is 16.1. The zero-order valence-corrected chi connectivity index (χ0v) is 5.63. The average molecular weight is 125 g/mol. The zero-order valence-electron chi connectivity index (χ0n) is 5.63. The second-order valence-electron chi connectivity index (χ2n) is 1.64. The van der Waals surface area contributed by atoms with Crippen LogP contribution in [-0.4, -0.2) is 12.6 Å². The molecule has 0 unspecified atom stereocenters. The molecule has 0 bridgehead atoms. The predicted octanol–water partition coefficient (Wildman–Crippen LogP) is 1.68. The fourth-order valence-corrected chi connectivity index (χ4v) is 0.469. The van der Waals surface area contributed by atoms with Gasteiger partial charge in [0.15, 0.2) is 0 Å². The number of aliphatic imine (C=N–C) groups is 1. The molecule has 0 aliphatic carbocycles. The molecule has 0 aliphatic heterocycles. The van der Waals surface area contributed by atoms with Crippen molar-refractivity contribution in [1.29, 1.82) is 0 Å². The highest BCUT2D eigenvalue weighted by Crippen LogP contribution is 1.85. The highest BCUT2D eigenvalue weighted by Gasteiger charge is 1.73. The molecule has 0 amide bonds. The van der Waals surface area contributed by atoms with Crippen molar-refractivity contribution in [2.24, 2.45) is 4.99 Å². The first-order valence-corrected chi connectivity index (χ1v) is 3.10. The van der Waals surface area contributed by atoms with Crippen molar-refractivity contribution in [3.63, 3.8) is 0 Å². The van der Waals surface area contributed by atoms with Crippen LogP contribution in [0.3, 0.4) is 0 Å². The van der Waals surface area contributed by atoms with Gasteiger partial charge in [-0.05, 0) is 12.8 Å². The molecule has 9 heavy (non-hydrogen) atoms. The Morgan fingerprint density at radius 2 is 2.33 bits per heavy atom. The molecule has 50 valence electrons. The highest BCUT2D eigenvalue weighted by molar-refractivity contribution is 5.32. The molecular formula is C7H11NO. The van der Waals surface area contributed by atoms with E-state index in [1.54, 1.807) is 0 Å². The Morgan fingerprint density at radius 3 is 2.89 bits per heavy atom. The van der Waals surface area contributed by atoms with Crippen molar-refractivity contribution >= 4 is 6.08 Å². The first-order valence-electron chi connectivity index (χ1n) is 3.10. The fraction of sp³-hybridized carbons (Fsp3) is 0.571. The van der Waals surface area contributed by atoms with Crippen LogP contribution in [-0.2, 0) is 4.79 Å². The van der Waals surface area contributed by atoms with Gasteiger partial charge in [-0.15, -0.1) is 0 Å².